The van der Waals surface area contributed by atoms with Crippen LogP contribution >= 0.6 is 11.3 Å². The molecule has 2 aliphatic rings. The van der Waals surface area contributed by atoms with Gasteiger partial charge in [-0.15, -0.1) is 15.8 Å². The quantitative estimate of drug-likeness (QED) is 0.141. The second-order valence-corrected chi connectivity index (χ2v) is 13.2. The molecule has 0 spiro atoms. The molecule has 6 rings (SSSR count). The third-order valence-electron chi connectivity index (χ3n) is 7.47. The van der Waals surface area contributed by atoms with Crippen LogP contribution in [0.5, 0.6) is 0 Å². The molecule has 1 saturated heterocycles. The van der Waals surface area contributed by atoms with Crippen molar-refractivity contribution in [2.75, 3.05) is 19.8 Å². The Kier molecular flexibility index (Phi) is 8.45. The zero-order valence-corrected chi connectivity index (χ0v) is 25.1. The first-order valence-electron chi connectivity index (χ1n) is 14.1. The van der Waals surface area contributed by atoms with Crippen molar-refractivity contribution in [2.45, 2.75) is 37.6 Å². The maximum Gasteiger partial charge on any atom is 0.357 e. The van der Waals surface area contributed by atoms with E-state index in [1.807, 2.05) is 24.3 Å². The Labute approximate surface area is 253 Å². The molecule has 8 nitrogen and oxygen atoms in total. The Bertz CT molecular complexity index is 1830. The molecule has 1 aliphatic heterocycles. The molecule has 0 atom stereocenters. The molecule has 43 heavy (non-hydrogen) atoms. The summed E-state index contributed by atoms with van der Waals surface area (Å²) < 4.78 is 50.2. The molecule has 0 radical (unpaired) electrons. The van der Waals surface area contributed by atoms with E-state index in [0.29, 0.717) is 36.1 Å². The average molecular weight is 620 g/mol. The van der Waals surface area contributed by atoms with Gasteiger partial charge in [-0.2, -0.15) is 0 Å². The van der Waals surface area contributed by atoms with E-state index in [0.717, 1.165) is 52.4 Å². The minimum absolute atomic E-state index is 0.147. The summed E-state index contributed by atoms with van der Waals surface area (Å²) in [5.41, 5.74) is 5.61. The molecule has 2 aromatic carbocycles. The summed E-state index contributed by atoms with van der Waals surface area (Å²) >= 11 is 1.38. The molecule has 0 amide bonds. The third-order valence-corrected chi connectivity index (χ3v) is 9.41. The van der Waals surface area contributed by atoms with Crippen LogP contribution < -0.4 is 4.94 Å². The summed E-state index contributed by atoms with van der Waals surface area (Å²) in [7, 11) is -4.26. The lowest BCUT2D eigenvalue weighted by Crippen LogP contribution is -2.25. The van der Waals surface area contributed by atoms with Crippen LogP contribution in [-0.4, -0.2) is 43.8 Å². The molecule has 11 heteroatoms. The van der Waals surface area contributed by atoms with E-state index in [9.17, 15) is 17.7 Å². The van der Waals surface area contributed by atoms with E-state index in [2.05, 4.69) is 33.5 Å². The maximum absolute atomic E-state index is 13.1. The molecule has 222 valence electrons. The molecule has 0 unspecified atom stereocenters. The van der Waals surface area contributed by atoms with Crippen molar-refractivity contribution >= 4 is 27.3 Å². The highest BCUT2D eigenvalue weighted by atomic mass is 32.2. The number of ether oxygens (including phenoxy) is 2. The zero-order chi connectivity index (χ0) is 30.0. The van der Waals surface area contributed by atoms with E-state index in [1.165, 1.54) is 23.5 Å². The van der Waals surface area contributed by atoms with Crippen LogP contribution in [0.1, 0.15) is 47.1 Å². The lowest BCUT2D eigenvalue weighted by molar-refractivity contribution is -0.00300. The van der Waals surface area contributed by atoms with Crippen LogP contribution in [0, 0.1) is 23.7 Å². The Hall–Kier alpha value is -3.82. The molecule has 0 bridgehead atoms. The van der Waals surface area contributed by atoms with Gasteiger partial charge in [-0.05, 0) is 72.1 Å². The number of carbonyl (C=O) groups is 1. The van der Waals surface area contributed by atoms with E-state index >= 15 is 0 Å². The predicted molar refractivity (Wildman–Crippen MR) is 162 cm³/mol. The number of carbonyl (C=O) groups excluding carboxylic acids is 1. The SMILES string of the molecule is CCOC(=O)c1csc(-c2cc(-c3cccc(C#CC4COC4)c3)c(Cc3cccc(S(=O)(=O)NF)c3)n2CC2CC2)n1. The number of nitrogens with one attached hydrogen (secondary N) is 1. The molecular weight excluding hydrogens is 590 g/mol. The minimum Gasteiger partial charge on any atom is -0.461 e. The molecule has 1 N–H and O–H groups in total. The molecule has 2 aromatic heterocycles. The Morgan fingerprint density at radius 2 is 2.00 bits per heavy atom. The average Bonchev–Trinajstić information content (AvgIpc) is 3.55. The van der Waals surface area contributed by atoms with E-state index in [-0.39, 0.29) is 23.1 Å². The summed E-state index contributed by atoms with van der Waals surface area (Å²) in [6.07, 6.45) is 2.62. The van der Waals surface area contributed by atoms with Crippen molar-refractivity contribution in [3.05, 3.63) is 82.5 Å². The largest absolute Gasteiger partial charge is 0.461 e. The fourth-order valence-corrected chi connectivity index (χ4v) is 6.46. The fraction of sp³-hybridized carbons (Fsp3) is 0.312. The van der Waals surface area contributed by atoms with Crippen molar-refractivity contribution in [3.8, 4) is 33.7 Å². The summed E-state index contributed by atoms with van der Waals surface area (Å²) in [6, 6.07) is 16.4. The second-order valence-electron chi connectivity index (χ2n) is 10.7. The maximum atomic E-state index is 13.1. The lowest BCUT2D eigenvalue weighted by Gasteiger charge is -2.19. The van der Waals surface area contributed by atoms with Crippen molar-refractivity contribution in [1.82, 2.24) is 14.5 Å². The number of esters is 1. The Morgan fingerprint density at radius 1 is 1.19 bits per heavy atom. The van der Waals surface area contributed by atoms with Crippen LogP contribution in [-0.2, 0) is 32.5 Å². The van der Waals surface area contributed by atoms with Gasteiger partial charge in [-0.1, -0.05) is 36.1 Å². The van der Waals surface area contributed by atoms with Gasteiger partial charge in [0.05, 0.1) is 36.3 Å². The number of thiazole rings is 1. The monoisotopic (exact) mass is 619 g/mol. The van der Waals surface area contributed by atoms with Crippen molar-refractivity contribution < 1.29 is 27.2 Å². The second kappa shape index (κ2) is 12.4. The summed E-state index contributed by atoms with van der Waals surface area (Å²) in [6.45, 7) is 4.08. The van der Waals surface area contributed by atoms with Gasteiger partial charge in [0.2, 0.25) is 0 Å². The van der Waals surface area contributed by atoms with E-state index in [1.54, 1.807) is 18.4 Å². The number of rotatable bonds is 10. The van der Waals surface area contributed by atoms with Gasteiger partial charge >= 0.3 is 5.97 Å². The highest BCUT2D eigenvalue weighted by Gasteiger charge is 2.28. The van der Waals surface area contributed by atoms with Gasteiger partial charge in [0.25, 0.3) is 10.0 Å². The molecule has 2 fully saturated rings. The van der Waals surface area contributed by atoms with Crippen LogP contribution in [0.4, 0.5) is 4.48 Å². The van der Waals surface area contributed by atoms with Gasteiger partial charge in [-0.3, -0.25) is 0 Å². The lowest BCUT2D eigenvalue weighted by atomic mass is 9.99. The van der Waals surface area contributed by atoms with Gasteiger partial charge < -0.3 is 14.0 Å². The number of aromatic nitrogens is 2. The minimum atomic E-state index is -4.26. The number of nitrogens with zero attached hydrogens (tertiary/aromatic N) is 2. The topological polar surface area (TPSA) is 99.5 Å². The van der Waals surface area contributed by atoms with Crippen molar-refractivity contribution in [1.29, 1.82) is 0 Å². The Balaban J connectivity index is 1.48. The first kappa shape index (κ1) is 29.3. The molecule has 4 aromatic rings. The first-order chi connectivity index (χ1) is 20.8. The van der Waals surface area contributed by atoms with Gasteiger partial charge in [0, 0.05) is 35.2 Å². The van der Waals surface area contributed by atoms with Crippen molar-refractivity contribution in [2.24, 2.45) is 11.8 Å². The van der Waals surface area contributed by atoms with Gasteiger partial charge in [-0.25, -0.2) is 18.2 Å². The zero-order valence-electron chi connectivity index (χ0n) is 23.5. The first-order valence-corrected chi connectivity index (χ1v) is 16.5. The van der Waals surface area contributed by atoms with Crippen LogP contribution in [0.3, 0.4) is 0 Å². The highest BCUT2D eigenvalue weighted by Crippen LogP contribution is 2.40. The summed E-state index contributed by atoms with van der Waals surface area (Å²) in [5, 5.41) is 2.40. The fourth-order valence-electron chi connectivity index (χ4n) is 4.99. The molecule has 1 saturated carbocycles. The summed E-state index contributed by atoms with van der Waals surface area (Å²) in [4.78, 5) is 17.8. The van der Waals surface area contributed by atoms with Gasteiger partial charge in [0.15, 0.2) is 5.69 Å². The van der Waals surface area contributed by atoms with Crippen LogP contribution in [0.15, 0.2) is 64.9 Å². The smallest absolute Gasteiger partial charge is 0.357 e. The molecule has 3 heterocycles. The normalized spacial score (nSPS) is 15.0. The number of halogens is 1. The van der Waals surface area contributed by atoms with Gasteiger partial charge in [0.1, 0.15) is 5.01 Å². The predicted octanol–water partition coefficient (Wildman–Crippen LogP) is 5.62. The van der Waals surface area contributed by atoms with Crippen molar-refractivity contribution in [3.63, 3.8) is 0 Å². The number of benzene rings is 2. The summed E-state index contributed by atoms with van der Waals surface area (Å²) in [5.74, 6) is 6.82. The standard InChI is InChI=1S/C32H30FN3O5S2/c1-2-41-32(37)28-20-42-31(34-28)30-16-27(25-7-3-5-21(13-25)9-12-24-18-40-19-24)29(36(30)17-22-10-11-22)15-23-6-4-8-26(14-23)43(38,39)35-33/h3-8,13-14,16,20,22,24,35H,2,10-11,15,17-19H2,1H3. The number of hydrogen-bond acceptors (Lipinski definition) is 7. The van der Waals surface area contributed by atoms with E-state index < -0.39 is 16.0 Å². The van der Waals surface area contributed by atoms with Crippen LogP contribution in [0.25, 0.3) is 21.8 Å². The Morgan fingerprint density at radius 3 is 2.72 bits per heavy atom. The number of sulfonamides is 1. The third kappa shape index (κ3) is 6.58. The molecular formula is C32H30FN3O5S2. The highest BCUT2D eigenvalue weighted by molar-refractivity contribution is 7.89. The molecule has 1 aliphatic carbocycles. The number of hydrogen-bond donors (Lipinski definition) is 1. The van der Waals surface area contributed by atoms with E-state index in [4.69, 9.17) is 9.47 Å². The van der Waals surface area contributed by atoms with Crippen LogP contribution in [0.2, 0.25) is 0 Å².